The van der Waals surface area contributed by atoms with E-state index in [1.54, 1.807) is 15.9 Å². The zero-order valence-corrected chi connectivity index (χ0v) is 18.0. The fourth-order valence-corrected chi connectivity index (χ4v) is 5.60. The van der Waals surface area contributed by atoms with Gasteiger partial charge in [-0.25, -0.2) is 4.98 Å². The molecule has 5 heterocycles. The summed E-state index contributed by atoms with van der Waals surface area (Å²) in [6.45, 7) is 12.9. The van der Waals surface area contributed by atoms with Gasteiger partial charge in [-0.05, 0) is 25.3 Å². The van der Waals surface area contributed by atoms with Crippen molar-refractivity contribution in [1.29, 1.82) is 0 Å². The van der Waals surface area contributed by atoms with Gasteiger partial charge in [0.1, 0.15) is 10.3 Å². The van der Waals surface area contributed by atoms with Crippen LogP contribution in [-0.4, -0.2) is 40.7 Å². The predicted octanol–water partition coefficient (Wildman–Crippen LogP) is 3.14. The average molecular weight is 398 g/mol. The molecule has 2 fully saturated rings. The first-order valence-corrected chi connectivity index (χ1v) is 10.8. The highest BCUT2D eigenvalue weighted by Crippen LogP contribution is 2.44. The highest BCUT2D eigenvalue weighted by atomic mass is 32.1. The number of aromatic amines is 1. The maximum Gasteiger partial charge on any atom is 0.253 e. The molecule has 0 bridgehead atoms. The summed E-state index contributed by atoms with van der Waals surface area (Å²) in [5, 5.41) is 4.52. The summed E-state index contributed by atoms with van der Waals surface area (Å²) in [4.78, 5) is 24.5. The van der Waals surface area contributed by atoms with Crippen molar-refractivity contribution in [1.82, 2.24) is 19.9 Å². The van der Waals surface area contributed by atoms with E-state index in [0.29, 0.717) is 11.3 Å². The molecule has 7 heteroatoms. The first kappa shape index (κ1) is 17.9. The van der Waals surface area contributed by atoms with Crippen LogP contribution in [0.4, 0.5) is 5.13 Å². The number of hydrogen-bond acceptors (Lipinski definition) is 5. The highest BCUT2D eigenvalue weighted by Gasteiger charge is 2.48. The Morgan fingerprint density at radius 1 is 1.21 bits per heavy atom. The Hall–Kier alpha value is -2.12. The second-order valence-corrected chi connectivity index (χ2v) is 9.89. The summed E-state index contributed by atoms with van der Waals surface area (Å²) in [7, 11) is 1.82. The number of thiazole rings is 1. The largest absolute Gasteiger partial charge is 0.347 e. The normalized spacial score (nSPS) is 18.1. The standard InChI is InChI=1S/C21H27N5OS/c1-11(2)15-16(14-6-25(5)19(27)13(4)12(14)3)23-18-17(15)24-20(28-18)26-9-21(10-26)7-22-8-21/h6,11,22-23H,7-10H2,1-5H3. The van der Waals surface area contributed by atoms with Crippen LogP contribution in [0, 0.1) is 19.3 Å². The number of aryl methyl sites for hydroxylation is 1. The summed E-state index contributed by atoms with van der Waals surface area (Å²) in [5.74, 6) is 0.342. The number of H-pyrrole nitrogens is 1. The lowest BCUT2D eigenvalue weighted by molar-refractivity contribution is 0.121. The molecule has 6 nitrogen and oxygen atoms in total. The van der Waals surface area contributed by atoms with Crippen LogP contribution in [0.25, 0.3) is 21.6 Å². The third kappa shape index (κ3) is 2.42. The van der Waals surface area contributed by atoms with Gasteiger partial charge in [-0.1, -0.05) is 25.2 Å². The van der Waals surface area contributed by atoms with Gasteiger partial charge >= 0.3 is 0 Å². The summed E-state index contributed by atoms with van der Waals surface area (Å²) in [6.07, 6.45) is 1.95. The van der Waals surface area contributed by atoms with Gasteiger partial charge in [-0.2, -0.15) is 0 Å². The molecule has 148 valence electrons. The Labute approximate surface area is 168 Å². The van der Waals surface area contributed by atoms with Crippen molar-refractivity contribution in [2.45, 2.75) is 33.6 Å². The van der Waals surface area contributed by atoms with E-state index in [-0.39, 0.29) is 5.56 Å². The van der Waals surface area contributed by atoms with Crippen LogP contribution in [0.1, 0.15) is 36.5 Å². The van der Waals surface area contributed by atoms with Crippen molar-refractivity contribution in [2.75, 3.05) is 31.1 Å². The molecule has 5 rings (SSSR count). The maximum absolute atomic E-state index is 12.3. The quantitative estimate of drug-likeness (QED) is 0.713. The third-order valence-corrected chi connectivity index (χ3v) is 7.51. The molecular weight excluding hydrogens is 370 g/mol. The number of pyridine rings is 1. The van der Waals surface area contributed by atoms with Gasteiger partial charge in [0.2, 0.25) is 0 Å². The molecule has 2 aliphatic rings. The van der Waals surface area contributed by atoms with Crippen molar-refractivity contribution < 1.29 is 0 Å². The monoisotopic (exact) mass is 397 g/mol. The van der Waals surface area contributed by atoms with Gasteiger partial charge in [0.25, 0.3) is 5.56 Å². The number of aromatic nitrogens is 3. The van der Waals surface area contributed by atoms with Crippen molar-refractivity contribution in [3.8, 4) is 11.3 Å². The van der Waals surface area contributed by atoms with E-state index in [9.17, 15) is 4.79 Å². The van der Waals surface area contributed by atoms with E-state index in [1.165, 1.54) is 5.56 Å². The topological polar surface area (TPSA) is 66.0 Å². The van der Waals surface area contributed by atoms with Crippen LogP contribution in [0.15, 0.2) is 11.0 Å². The lowest BCUT2D eigenvalue weighted by atomic mass is 9.75. The number of nitrogens with zero attached hydrogens (tertiary/aromatic N) is 3. The van der Waals surface area contributed by atoms with Gasteiger partial charge in [-0.15, -0.1) is 0 Å². The number of rotatable bonds is 3. The van der Waals surface area contributed by atoms with E-state index < -0.39 is 0 Å². The van der Waals surface area contributed by atoms with E-state index >= 15 is 0 Å². The zero-order chi connectivity index (χ0) is 19.8. The minimum atomic E-state index is 0.0679. The molecule has 3 aromatic rings. The number of fused-ring (bicyclic) bond motifs is 1. The van der Waals surface area contributed by atoms with Gasteiger partial charge in [0.15, 0.2) is 5.13 Å². The Balaban J connectivity index is 1.60. The van der Waals surface area contributed by atoms with Crippen molar-refractivity contribution in [3.05, 3.63) is 33.2 Å². The molecule has 2 N–H and O–H groups in total. The van der Waals surface area contributed by atoms with Gasteiger partial charge in [-0.3, -0.25) is 4.79 Å². The molecule has 0 radical (unpaired) electrons. The number of hydrogen-bond donors (Lipinski definition) is 2. The molecule has 1 spiro atoms. The van der Waals surface area contributed by atoms with E-state index in [2.05, 4.69) is 29.0 Å². The van der Waals surface area contributed by atoms with Crippen LogP contribution in [-0.2, 0) is 7.05 Å². The second kappa shape index (κ2) is 5.94. The smallest absolute Gasteiger partial charge is 0.253 e. The van der Waals surface area contributed by atoms with Crippen LogP contribution >= 0.6 is 11.3 Å². The van der Waals surface area contributed by atoms with Crippen LogP contribution in [0.2, 0.25) is 0 Å². The lowest BCUT2D eigenvalue weighted by Crippen LogP contribution is -2.71. The average Bonchev–Trinajstić information content (AvgIpc) is 3.10. The highest BCUT2D eigenvalue weighted by molar-refractivity contribution is 7.21. The second-order valence-electron chi connectivity index (χ2n) is 8.91. The van der Waals surface area contributed by atoms with E-state index in [4.69, 9.17) is 4.98 Å². The molecule has 0 unspecified atom stereocenters. The lowest BCUT2D eigenvalue weighted by Gasteiger charge is -2.56. The number of anilines is 1. The molecular formula is C21H27N5OS. The SMILES string of the molecule is Cc1c(-c2[nH]c3sc(N4CC5(CNC5)C4)nc3c2C(C)C)cn(C)c(=O)c1C. The van der Waals surface area contributed by atoms with E-state index in [1.807, 2.05) is 27.1 Å². The Morgan fingerprint density at radius 3 is 2.54 bits per heavy atom. The summed E-state index contributed by atoms with van der Waals surface area (Å²) >= 11 is 1.75. The first-order valence-electron chi connectivity index (χ1n) is 9.95. The van der Waals surface area contributed by atoms with Crippen LogP contribution in [0.5, 0.6) is 0 Å². The minimum Gasteiger partial charge on any atom is -0.347 e. The molecule has 28 heavy (non-hydrogen) atoms. The van der Waals surface area contributed by atoms with Crippen LogP contribution < -0.4 is 15.8 Å². The van der Waals surface area contributed by atoms with Crippen LogP contribution in [0.3, 0.4) is 0 Å². The van der Waals surface area contributed by atoms with Crippen molar-refractivity contribution in [3.63, 3.8) is 0 Å². The zero-order valence-electron chi connectivity index (χ0n) is 17.1. The van der Waals surface area contributed by atoms with E-state index in [0.717, 1.165) is 64.0 Å². The predicted molar refractivity (Wildman–Crippen MR) is 116 cm³/mol. The fourth-order valence-electron chi connectivity index (χ4n) is 4.61. The molecule has 2 aliphatic heterocycles. The fraction of sp³-hybridized carbons (Fsp3) is 0.524. The minimum absolute atomic E-state index is 0.0679. The molecule has 0 amide bonds. The molecule has 0 saturated carbocycles. The van der Waals surface area contributed by atoms with Crippen molar-refractivity contribution in [2.24, 2.45) is 12.5 Å². The Bertz CT molecular complexity index is 1140. The number of nitrogens with one attached hydrogen (secondary N) is 2. The van der Waals surface area contributed by atoms with Gasteiger partial charge in [0.05, 0.1) is 5.69 Å². The first-order chi connectivity index (χ1) is 13.3. The summed E-state index contributed by atoms with van der Waals surface area (Å²) in [6, 6.07) is 0. The third-order valence-electron chi connectivity index (χ3n) is 6.48. The Kier molecular flexibility index (Phi) is 3.81. The maximum atomic E-state index is 12.3. The molecule has 0 aromatic carbocycles. The van der Waals surface area contributed by atoms with Crippen molar-refractivity contribution >= 4 is 26.8 Å². The summed E-state index contributed by atoms with van der Waals surface area (Å²) < 4.78 is 1.68. The Morgan fingerprint density at radius 2 is 1.93 bits per heavy atom. The molecule has 2 saturated heterocycles. The van der Waals surface area contributed by atoms with Gasteiger partial charge < -0.3 is 19.8 Å². The van der Waals surface area contributed by atoms with Gasteiger partial charge in [0, 0.05) is 61.5 Å². The summed E-state index contributed by atoms with van der Waals surface area (Å²) in [5.41, 5.74) is 6.95. The molecule has 0 aliphatic carbocycles. The molecule has 3 aromatic heterocycles. The molecule has 0 atom stereocenters.